The zero-order chi connectivity index (χ0) is 23.0. The van der Waals surface area contributed by atoms with Gasteiger partial charge in [0.15, 0.2) is 5.65 Å². The summed E-state index contributed by atoms with van der Waals surface area (Å²) in [6.45, 7) is 3.26. The fraction of sp³-hybridized carbons (Fsp3) is 0.476. The number of rotatable bonds is 4. The number of fused-ring (bicyclic) bond motifs is 1. The van der Waals surface area contributed by atoms with Crippen molar-refractivity contribution in [3.8, 4) is 0 Å². The van der Waals surface area contributed by atoms with E-state index in [0.717, 1.165) is 16.9 Å². The predicted molar refractivity (Wildman–Crippen MR) is 121 cm³/mol. The second kappa shape index (κ2) is 8.67. The maximum absolute atomic E-state index is 13.1. The smallest absolute Gasteiger partial charge is 0.244 e. The van der Waals surface area contributed by atoms with Crippen LogP contribution in [0.3, 0.4) is 0 Å². The SMILES string of the molecule is Cn1ncc2c(N3CCN(C(=O)C4CCN(S(=O)(=O)c5cccnc5)CC4)CC3)ncnc21. The highest BCUT2D eigenvalue weighted by molar-refractivity contribution is 7.89. The molecule has 3 aromatic rings. The van der Waals surface area contributed by atoms with Gasteiger partial charge in [-0.05, 0) is 25.0 Å². The Morgan fingerprint density at radius 3 is 2.48 bits per heavy atom. The fourth-order valence-corrected chi connectivity index (χ4v) is 6.02. The highest BCUT2D eigenvalue weighted by atomic mass is 32.2. The van der Waals surface area contributed by atoms with Crippen molar-refractivity contribution in [2.75, 3.05) is 44.2 Å². The first-order chi connectivity index (χ1) is 15.9. The molecule has 1 amide bonds. The minimum Gasteiger partial charge on any atom is -0.352 e. The van der Waals surface area contributed by atoms with Crippen LogP contribution in [-0.4, -0.2) is 87.5 Å². The number of carbonyl (C=O) groups excluding carboxylic acids is 1. The van der Waals surface area contributed by atoms with E-state index in [1.54, 1.807) is 35.5 Å². The average Bonchev–Trinajstić information content (AvgIpc) is 3.25. The quantitative estimate of drug-likeness (QED) is 0.541. The van der Waals surface area contributed by atoms with Gasteiger partial charge in [-0.3, -0.25) is 14.5 Å². The van der Waals surface area contributed by atoms with Crippen molar-refractivity contribution >= 4 is 32.8 Å². The van der Waals surface area contributed by atoms with E-state index in [9.17, 15) is 13.2 Å². The zero-order valence-electron chi connectivity index (χ0n) is 18.4. The number of anilines is 1. The van der Waals surface area contributed by atoms with Crippen molar-refractivity contribution in [3.05, 3.63) is 37.1 Å². The average molecular weight is 471 g/mol. The van der Waals surface area contributed by atoms with Gasteiger partial charge in [0.1, 0.15) is 17.0 Å². The normalized spacial score (nSPS) is 18.7. The van der Waals surface area contributed by atoms with Gasteiger partial charge in [-0.2, -0.15) is 9.40 Å². The molecule has 0 aliphatic carbocycles. The number of sulfonamides is 1. The molecule has 2 aliphatic rings. The lowest BCUT2D eigenvalue weighted by molar-refractivity contribution is -0.137. The Labute approximate surface area is 192 Å². The molecule has 0 spiro atoms. The lowest BCUT2D eigenvalue weighted by atomic mass is 9.96. The molecule has 0 aromatic carbocycles. The third-order valence-electron chi connectivity index (χ3n) is 6.47. The molecule has 0 atom stereocenters. The van der Waals surface area contributed by atoms with Crippen LogP contribution in [0.15, 0.2) is 41.9 Å². The first-order valence-corrected chi connectivity index (χ1v) is 12.5. The molecule has 33 heavy (non-hydrogen) atoms. The van der Waals surface area contributed by atoms with Crippen LogP contribution in [0.1, 0.15) is 12.8 Å². The van der Waals surface area contributed by atoms with Gasteiger partial charge < -0.3 is 9.80 Å². The van der Waals surface area contributed by atoms with E-state index in [0.29, 0.717) is 52.1 Å². The second-order valence-corrected chi connectivity index (χ2v) is 10.3. The molecule has 2 aliphatic heterocycles. The van der Waals surface area contributed by atoms with E-state index in [1.807, 2.05) is 11.9 Å². The Morgan fingerprint density at radius 1 is 1.03 bits per heavy atom. The van der Waals surface area contributed by atoms with E-state index in [1.165, 1.54) is 10.5 Å². The minimum atomic E-state index is -3.57. The van der Waals surface area contributed by atoms with E-state index < -0.39 is 10.0 Å². The summed E-state index contributed by atoms with van der Waals surface area (Å²) in [7, 11) is -1.72. The number of nitrogens with zero attached hydrogens (tertiary/aromatic N) is 8. The van der Waals surface area contributed by atoms with Gasteiger partial charge in [-0.1, -0.05) is 0 Å². The summed E-state index contributed by atoms with van der Waals surface area (Å²) < 4.78 is 28.8. The summed E-state index contributed by atoms with van der Waals surface area (Å²) in [5.41, 5.74) is 0.784. The standard InChI is InChI=1S/C21H26N8O3S/c1-26-19-18(14-25-26)20(24-15-23-19)27-9-11-28(12-10-27)21(30)16-4-7-29(8-5-16)33(31,32)17-3-2-6-22-13-17/h2-3,6,13-16H,4-5,7-12H2,1H3. The van der Waals surface area contributed by atoms with E-state index in [4.69, 9.17) is 0 Å². The molecular weight excluding hydrogens is 444 g/mol. The molecular formula is C21H26N8O3S. The summed E-state index contributed by atoms with van der Waals surface area (Å²) in [5, 5.41) is 5.18. The number of carbonyl (C=O) groups is 1. The van der Waals surface area contributed by atoms with E-state index in [2.05, 4.69) is 25.0 Å². The van der Waals surface area contributed by atoms with Gasteiger partial charge in [0.2, 0.25) is 15.9 Å². The van der Waals surface area contributed by atoms with Crippen LogP contribution in [0.2, 0.25) is 0 Å². The lowest BCUT2D eigenvalue weighted by Gasteiger charge is -2.38. The third kappa shape index (κ3) is 4.04. The van der Waals surface area contributed by atoms with Crippen molar-refractivity contribution in [2.45, 2.75) is 17.7 Å². The first kappa shape index (κ1) is 21.7. The van der Waals surface area contributed by atoms with Gasteiger partial charge in [-0.25, -0.2) is 18.4 Å². The van der Waals surface area contributed by atoms with Crippen LogP contribution in [0, 0.1) is 5.92 Å². The van der Waals surface area contributed by atoms with Crippen molar-refractivity contribution in [1.82, 2.24) is 33.9 Å². The minimum absolute atomic E-state index is 0.113. The molecule has 0 N–H and O–H groups in total. The molecule has 0 radical (unpaired) electrons. The molecule has 0 bridgehead atoms. The Kier molecular flexibility index (Phi) is 5.71. The van der Waals surface area contributed by atoms with Crippen LogP contribution >= 0.6 is 0 Å². The summed E-state index contributed by atoms with van der Waals surface area (Å²) >= 11 is 0. The molecule has 174 valence electrons. The topological polar surface area (TPSA) is 117 Å². The predicted octanol–water partition coefficient (Wildman–Crippen LogP) is 0.508. The maximum atomic E-state index is 13.1. The Hall–Kier alpha value is -3.12. The number of hydrogen-bond acceptors (Lipinski definition) is 8. The molecule has 0 unspecified atom stereocenters. The summed E-state index contributed by atoms with van der Waals surface area (Å²) in [4.78, 5) is 30.0. The van der Waals surface area contributed by atoms with Crippen LogP contribution in [-0.2, 0) is 21.9 Å². The highest BCUT2D eigenvalue weighted by Crippen LogP contribution is 2.27. The summed E-state index contributed by atoms with van der Waals surface area (Å²) in [6.07, 6.45) is 7.29. The largest absolute Gasteiger partial charge is 0.352 e. The fourth-order valence-electron chi connectivity index (χ4n) is 4.59. The van der Waals surface area contributed by atoms with E-state index >= 15 is 0 Å². The Morgan fingerprint density at radius 2 is 1.79 bits per heavy atom. The first-order valence-electron chi connectivity index (χ1n) is 11.0. The Bertz CT molecular complexity index is 1250. The van der Waals surface area contributed by atoms with Crippen LogP contribution in [0.4, 0.5) is 5.82 Å². The number of aromatic nitrogens is 5. The number of piperidine rings is 1. The van der Waals surface area contributed by atoms with Crippen molar-refractivity contribution < 1.29 is 13.2 Å². The van der Waals surface area contributed by atoms with Crippen LogP contribution in [0.25, 0.3) is 11.0 Å². The molecule has 2 fully saturated rings. The van der Waals surface area contributed by atoms with E-state index in [-0.39, 0.29) is 16.7 Å². The van der Waals surface area contributed by atoms with Gasteiger partial charge in [0.25, 0.3) is 0 Å². The molecule has 3 aromatic heterocycles. The van der Waals surface area contributed by atoms with Crippen molar-refractivity contribution in [1.29, 1.82) is 0 Å². The number of hydrogen-bond donors (Lipinski definition) is 0. The maximum Gasteiger partial charge on any atom is 0.244 e. The monoisotopic (exact) mass is 470 g/mol. The van der Waals surface area contributed by atoms with Gasteiger partial charge >= 0.3 is 0 Å². The second-order valence-electron chi connectivity index (χ2n) is 8.38. The molecule has 12 heteroatoms. The molecule has 5 heterocycles. The molecule has 2 saturated heterocycles. The summed E-state index contributed by atoms with van der Waals surface area (Å²) in [5.74, 6) is 0.803. The van der Waals surface area contributed by atoms with Crippen LogP contribution in [0.5, 0.6) is 0 Å². The highest BCUT2D eigenvalue weighted by Gasteiger charge is 2.35. The Balaban J connectivity index is 1.18. The zero-order valence-corrected chi connectivity index (χ0v) is 19.2. The van der Waals surface area contributed by atoms with Gasteiger partial charge in [0, 0.05) is 64.6 Å². The number of aryl methyl sites for hydroxylation is 1. The number of pyridine rings is 1. The molecule has 5 rings (SSSR count). The third-order valence-corrected chi connectivity index (χ3v) is 8.36. The van der Waals surface area contributed by atoms with Crippen molar-refractivity contribution in [3.63, 3.8) is 0 Å². The number of piperazine rings is 1. The van der Waals surface area contributed by atoms with Crippen molar-refractivity contribution in [2.24, 2.45) is 13.0 Å². The van der Waals surface area contributed by atoms with Gasteiger partial charge in [0.05, 0.1) is 11.6 Å². The molecule has 0 saturated carbocycles. The lowest BCUT2D eigenvalue weighted by Crippen LogP contribution is -2.52. The van der Waals surface area contributed by atoms with Crippen LogP contribution < -0.4 is 4.90 Å². The summed E-state index contributed by atoms with van der Waals surface area (Å²) in [6, 6.07) is 3.17. The number of amides is 1. The molecule has 11 nitrogen and oxygen atoms in total. The van der Waals surface area contributed by atoms with Gasteiger partial charge in [-0.15, -0.1) is 0 Å².